The van der Waals surface area contributed by atoms with E-state index in [1.54, 1.807) is 0 Å². The van der Waals surface area contributed by atoms with Crippen LogP contribution in [0.4, 0.5) is 10.5 Å². The van der Waals surface area contributed by atoms with Crippen molar-refractivity contribution in [2.24, 2.45) is 0 Å². The van der Waals surface area contributed by atoms with Crippen LogP contribution in [-0.2, 0) is 6.54 Å². The van der Waals surface area contributed by atoms with Crippen molar-refractivity contribution >= 4 is 11.7 Å². The number of rotatable bonds is 3. The van der Waals surface area contributed by atoms with Crippen molar-refractivity contribution in [1.29, 1.82) is 0 Å². The van der Waals surface area contributed by atoms with Crippen LogP contribution in [0.3, 0.4) is 0 Å². The van der Waals surface area contributed by atoms with Crippen LogP contribution in [0, 0.1) is 27.7 Å². The van der Waals surface area contributed by atoms with Gasteiger partial charge in [0.2, 0.25) is 0 Å². The normalized spacial score (nSPS) is 14.5. The molecule has 1 aliphatic heterocycles. The quantitative estimate of drug-likeness (QED) is 0.288. The monoisotopic (exact) mass is 501 g/mol. The first-order valence-corrected chi connectivity index (χ1v) is 12.9. The van der Waals surface area contributed by atoms with Gasteiger partial charge in [-0.3, -0.25) is 0 Å². The zero-order valence-corrected chi connectivity index (χ0v) is 22.1. The van der Waals surface area contributed by atoms with Crippen LogP contribution in [0.1, 0.15) is 45.2 Å². The highest BCUT2D eigenvalue weighted by atomic mass is 16.2. The zero-order chi connectivity index (χ0) is 26.4. The molecule has 2 aromatic heterocycles. The number of aryl methyl sites for hydroxylation is 4. The molecule has 3 aromatic carbocycles. The smallest absolute Gasteiger partial charge is 0.308 e. The molecule has 6 rings (SSSR count). The van der Waals surface area contributed by atoms with E-state index in [1.807, 2.05) is 59.8 Å². The number of nitrogens with one attached hydrogen (secondary N) is 1. The van der Waals surface area contributed by atoms with E-state index >= 15 is 0 Å². The van der Waals surface area contributed by atoms with Crippen molar-refractivity contribution in [2.45, 2.75) is 40.3 Å². The number of aromatic nitrogens is 3. The van der Waals surface area contributed by atoms with Gasteiger partial charge in [0.15, 0.2) is 0 Å². The number of hydrogen-bond acceptors (Lipinski definition) is 2. The Labute approximate surface area is 223 Å². The Morgan fingerprint density at radius 1 is 0.868 bits per heavy atom. The summed E-state index contributed by atoms with van der Waals surface area (Å²) in [4.78, 5) is 16.1. The highest BCUT2D eigenvalue weighted by Crippen LogP contribution is 2.39. The molecule has 0 saturated carbocycles. The highest BCUT2D eigenvalue weighted by molar-refractivity contribution is 5.91. The Morgan fingerprint density at radius 2 is 1.66 bits per heavy atom. The van der Waals surface area contributed by atoms with Crippen molar-refractivity contribution < 1.29 is 4.79 Å². The Bertz CT molecular complexity index is 1650. The average Bonchev–Trinajstić information content (AvgIpc) is 3.46. The molecular weight excluding hydrogens is 470 g/mol. The van der Waals surface area contributed by atoms with Crippen LogP contribution >= 0.6 is 0 Å². The number of benzene rings is 3. The van der Waals surface area contributed by atoms with Gasteiger partial charge in [-0.2, -0.15) is 5.10 Å². The molecule has 0 saturated heterocycles. The van der Waals surface area contributed by atoms with Crippen molar-refractivity contribution in [3.63, 3.8) is 0 Å². The molecule has 3 heterocycles. The van der Waals surface area contributed by atoms with E-state index < -0.39 is 0 Å². The Kier molecular flexibility index (Phi) is 5.87. The topological polar surface area (TPSA) is 55.1 Å². The van der Waals surface area contributed by atoms with Gasteiger partial charge in [-0.05, 0) is 69.2 Å². The SMILES string of the molecule is Cc1cccc([C@H]2c3cccn3-c3c(c(C)nn3-c3ccccc3)CN2C(=O)Nc2ccc(C)cc2C)c1. The number of para-hydroxylation sites is 1. The van der Waals surface area contributed by atoms with Crippen LogP contribution in [0.25, 0.3) is 11.5 Å². The summed E-state index contributed by atoms with van der Waals surface area (Å²) in [5.41, 5.74) is 9.18. The fourth-order valence-corrected chi connectivity index (χ4v) is 5.48. The lowest BCUT2D eigenvalue weighted by atomic mass is 10.00. The second-order valence-corrected chi connectivity index (χ2v) is 10.1. The molecule has 1 N–H and O–H groups in total. The molecule has 0 bridgehead atoms. The Balaban J connectivity index is 1.54. The molecule has 0 radical (unpaired) electrons. The predicted octanol–water partition coefficient (Wildman–Crippen LogP) is 7.03. The fourth-order valence-electron chi connectivity index (χ4n) is 5.48. The lowest BCUT2D eigenvalue weighted by Gasteiger charge is -2.31. The number of amides is 2. The number of urea groups is 1. The minimum absolute atomic E-state index is 0.143. The Hall–Kier alpha value is -4.58. The molecule has 0 unspecified atom stereocenters. The maximum Gasteiger partial charge on any atom is 0.322 e. The first-order chi connectivity index (χ1) is 18.4. The van der Waals surface area contributed by atoms with Gasteiger partial charge >= 0.3 is 6.03 Å². The third-order valence-corrected chi connectivity index (χ3v) is 7.33. The molecule has 38 heavy (non-hydrogen) atoms. The van der Waals surface area contributed by atoms with Crippen LogP contribution in [-0.4, -0.2) is 25.3 Å². The van der Waals surface area contributed by atoms with E-state index in [-0.39, 0.29) is 12.1 Å². The molecule has 1 aliphatic rings. The lowest BCUT2D eigenvalue weighted by molar-refractivity contribution is 0.194. The third-order valence-electron chi connectivity index (χ3n) is 7.33. The number of nitrogens with zero attached hydrogens (tertiary/aromatic N) is 4. The largest absolute Gasteiger partial charge is 0.322 e. The van der Waals surface area contributed by atoms with E-state index in [4.69, 9.17) is 5.10 Å². The lowest BCUT2D eigenvalue weighted by Crippen LogP contribution is -2.38. The maximum absolute atomic E-state index is 14.1. The van der Waals surface area contributed by atoms with Crippen LogP contribution < -0.4 is 5.32 Å². The molecule has 1 atom stereocenters. The standard InChI is InChI=1S/C32H31N5O/c1-21-10-8-11-25(19-21)30-29-14-9-17-35(29)31-27(24(4)34-37(31)26-12-6-5-7-13-26)20-36(30)32(38)33-28-16-15-22(2)18-23(28)3/h5-19,30H,20H2,1-4H3,(H,33,38)/t30-/m0/s1. The maximum atomic E-state index is 14.1. The predicted molar refractivity (Wildman–Crippen MR) is 151 cm³/mol. The molecule has 6 nitrogen and oxygen atoms in total. The summed E-state index contributed by atoms with van der Waals surface area (Å²) in [6, 6.07) is 28.4. The van der Waals surface area contributed by atoms with Gasteiger partial charge < -0.3 is 14.8 Å². The summed E-state index contributed by atoms with van der Waals surface area (Å²) in [5, 5.41) is 8.15. The fraction of sp³-hybridized carbons (Fsp3) is 0.188. The van der Waals surface area contributed by atoms with Gasteiger partial charge in [0.1, 0.15) is 5.82 Å². The molecule has 5 aromatic rings. The summed E-state index contributed by atoms with van der Waals surface area (Å²) in [5.74, 6) is 0.966. The second kappa shape index (κ2) is 9.38. The molecule has 0 spiro atoms. The second-order valence-electron chi connectivity index (χ2n) is 10.1. The summed E-state index contributed by atoms with van der Waals surface area (Å²) in [7, 11) is 0. The molecule has 6 heteroatoms. The Morgan fingerprint density at radius 3 is 2.42 bits per heavy atom. The third kappa shape index (κ3) is 4.08. The minimum atomic E-state index is -0.285. The molecule has 190 valence electrons. The van der Waals surface area contributed by atoms with Crippen molar-refractivity contribution in [3.8, 4) is 11.5 Å². The van der Waals surface area contributed by atoms with E-state index in [1.165, 1.54) is 5.56 Å². The summed E-state index contributed by atoms with van der Waals surface area (Å²) in [6.07, 6.45) is 2.07. The molecule has 0 fully saturated rings. The molecule has 2 amide bonds. The number of hydrogen-bond donors (Lipinski definition) is 1. The van der Waals surface area contributed by atoms with Gasteiger partial charge in [0.25, 0.3) is 0 Å². The first-order valence-electron chi connectivity index (χ1n) is 12.9. The van der Waals surface area contributed by atoms with Crippen molar-refractivity contribution in [2.75, 3.05) is 5.32 Å². The van der Waals surface area contributed by atoms with Crippen molar-refractivity contribution in [3.05, 3.63) is 130 Å². The molecule has 0 aliphatic carbocycles. The van der Waals surface area contributed by atoms with Crippen molar-refractivity contribution in [1.82, 2.24) is 19.2 Å². The number of anilines is 1. The molecular formula is C32H31N5O. The average molecular weight is 502 g/mol. The van der Waals surface area contributed by atoms with E-state index in [2.05, 4.69) is 78.5 Å². The van der Waals surface area contributed by atoms with Crippen LogP contribution in [0.15, 0.2) is 91.1 Å². The summed E-state index contributed by atoms with van der Waals surface area (Å²) >= 11 is 0. The van der Waals surface area contributed by atoms with Gasteiger partial charge in [-0.25, -0.2) is 9.48 Å². The van der Waals surface area contributed by atoms with Gasteiger partial charge in [-0.1, -0.05) is 65.7 Å². The van der Waals surface area contributed by atoms with E-state index in [0.29, 0.717) is 6.54 Å². The summed E-state index contributed by atoms with van der Waals surface area (Å²) < 4.78 is 4.19. The van der Waals surface area contributed by atoms with Gasteiger partial charge in [0, 0.05) is 17.4 Å². The number of fused-ring (bicyclic) bond motifs is 3. The zero-order valence-electron chi connectivity index (χ0n) is 22.1. The number of carbonyl (C=O) groups is 1. The van der Waals surface area contributed by atoms with Gasteiger partial charge in [-0.15, -0.1) is 0 Å². The van der Waals surface area contributed by atoms with E-state index in [0.717, 1.165) is 50.8 Å². The first kappa shape index (κ1) is 23.8. The van der Waals surface area contributed by atoms with Gasteiger partial charge in [0.05, 0.1) is 29.7 Å². The van der Waals surface area contributed by atoms with E-state index in [9.17, 15) is 4.79 Å². The summed E-state index contributed by atoms with van der Waals surface area (Å²) in [6.45, 7) is 8.62. The number of carbonyl (C=O) groups excluding carboxylic acids is 1. The highest BCUT2D eigenvalue weighted by Gasteiger charge is 2.36. The van der Waals surface area contributed by atoms with Crippen LogP contribution in [0.5, 0.6) is 0 Å². The van der Waals surface area contributed by atoms with Crippen LogP contribution in [0.2, 0.25) is 0 Å². The minimum Gasteiger partial charge on any atom is -0.308 e.